The maximum absolute atomic E-state index is 11.6. The van der Waals surface area contributed by atoms with Crippen molar-refractivity contribution in [2.24, 2.45) is 0 Å². The van der Waals surface area contributed by atoms with Crippen LogP contribution in [0.4, 0.5) is 5.69 Å². The summed E-state index contributed by atoms with van der Waals surface area (Å²) >= 11 is 0. The van der Waals surface area contributed by atoms with Crippen molar-refractivity contribution in [2.45, 2.75) is 17.0 Å². The second-order valence-electron chi connectivity index (χ2n) is 7.28. The molecule has 0 fully saturated rings. The minimum absolute atomic E-state index is 0. The number of nitrogens with zero attached hydrogens (tertiary/aromatic N) is 1. The van der Waals surface area contributed by atoms with Gasteiger partial charge >= 0.3 is 18.9 Å². The Balaban J connectivity index is 0.00000408. The molecular weight excluding hydrogens is 453 g/mol. The topological polar surface area (TPSA) is 119 Å². The molecule has 3 rings (SSSR count). The van der Waals surface area contributed by atoms with Crippen LogP contribution in [0, 0.1) is 0 Å². The van der Waals surface area contributed by atoms with Crippen LogP contribution in [0.1, 0.15) is 0 Å². The van der Waals surface area contributed by atoms with Crippen molar-refractivity contribution in [3.05, 3.63) is 84.9 Å². The first-order valence-corrected chi connectivity index (χ1v) is 11.7. The molecule has 2 N–H and O–H groups in total. The molecule has 3 aromatic rings. The van der Waals surface area contributed by atoms with Gasteiger partial charge in [0.1, 0.15) is 34.8 Å². The minimum atomic E-state index is -4.70. The van der Waals surface area contributed by atoms with Crippen LogP contribution in [0.2, 0.25) is 0 Å². The zero-order valence-electron chi connectivity index (χ0n) is 18.9. The molecule has 0 saturated heterocycles. The van der Waals surface area contributed by atoms with E-state index in [1.54, 1.807) is 35.2 Å². The molecule has 0 heterocycles. The molecule has 176 valence electrons. The number of ether oxygens (including phenoxy) is 2. The third-order valence-corrected chi connectivity index (χ3v) is 5.82. The molecule has 2 unspecified atom stereocenters. The fourth-order valence-corrected chi connectivity index (χ4v) is 3.89. The van der Waals surface area contributed by atoms with E-state index in [0.29, 0.717) is 17.2 Å². The van der Waals surface area contributed by atoms with E-state index >= 15 is 0 Å². The summed E-state index contributed by atoms with van der Waals surface area (Å²) in [6.45, 7) is -0.639. The Morgan fingerprint density at radius 1 is 0.765 bits per heavy atom. The predicted octanol–water partition coefficient (Wildman–Crippen LogP) is -0.719. The van der Waals surface area contributed by atoms with Gasteiger partial charge in [0.2, 0.25) is 0 Å². The third-order valence-electron chi connectivity index (χ3n) is 4.98. The van der Waals surface area contributed by atoms with Gasteiger partial charge in [0.25, 0.3) is 0 Å². The van der Waals surface area contributed by atoms with Crippen LogP contribution < -0.4 is 33.2 Å². The van der Waals surface area contributed by atoms with Crippen molar-refractivity contribution in [1.82, 2.24) is 0 Å². The summed E-state index contributed by atoms with van der Waals surface area (Å²) in [5.74, 6) is 1.18. The zero-order valence-corrected chi connectivity index (χ0v) is 19.7. The number of anilines is 1. The number of hydrogen-bond acceptors (Lipinski definition) is 8. The van der Waals surface area contributed by atoms with Gasteiger partial charge in [-0.2, -0.15) is 0 Å². The first kappa shape index (κ1) is 27.7. The molecule has 0 aliphatic carbocycles. The molecule has 0 aliphatic heterocycles. The minimum Gasteiger partial charge on any atom is -0.744 e. The number of aliphatic hydroxyl groups is 2. The summed E-state index contributed by atoms with van der Waals surface area (Å²) in [4.78, 5) is 1.21. The van der Waals surface area contributed by atoms with Gasteiger partial charge in [-0.15, -0.1) is 0 Å². The van der Waals surface area contributed by atoms with Crippen molar-refractivity contribution >= 4 is 15.8 Å². The maximum atomic E-state index is 11.6. The number of para-hydroxylation sites is 2. The van der Waals surface area contributed by atoms with Gasteiger partial charge in [-0.05, 0) is 42.5 Å². The zero-order chi connectivity index (χ0) is 23.7. The van der Waals surface area contributed by atoms with Gasteiger partial charge in [-0.1, -0.05) is 42.5 Å². The third kappa shape index (κ3) is 7.77. The Hall–Kier alpha value is -2.51. The average Bonchev–Trinajstić information content (AvgIpc) is 2.84. The molecule has 0 spiro atoms. The molecule has 0 amide bonds. The molecule has 3 aromatic carbocycles. The second-order valence-corrected chi connectivity index (χ2v) is 8.66. The van der Waals surface area contributed by atoms with E-state index in [1.807, 2.05) is 36.4 Å². The van der Waals surface area contributed by atoms with Crippen LogP contribution >= 0.6 is 0 Å². The van der Waals surface area contributed by atoms with E-state index in [2.05, 4.69) is 0 Å². The summed E-state index contributed by atoms with van der Waals surface area (Å²) in [7, 11) is -4.70. The van der Waals surface area contributed by atoms with E-state index in [0.717, 1.165) is 0 Å². The second kappa shape index (κ2) is 13.4. The van der Waals surface area contributed by atoms with E-state index in [9.17, 15) is 23.2 Å². The standard InChI is InChI=1S/C24H27NO7S.Li/c26-15-20(17-31-22-9-3-1-4-10-22)25(19-8-7-13-24(14-19)33(28,29)30)21(16-27)18-32-23-11-5-2-6-12-23;/h1-14,20-21,26-27H,15-18H2,(H,28,29,30);/q;+1/p-1. The van der Waals surface area contributed by atoms with Crippen LogP contribution in [0.15, 0.2) is 89.8 Å². The molecule has 0 aliphatic rings. The number of hydrogen-bond donors (Lipinski definition) is 2. The normalized spacial score (nSPS) is 12.8. The van der Waals surface area contributed by atoms with Gasteiger partial charge in [-0.25, -0.2) is 8.42 Å². The van der Waals surface area contributed by atoms with Crippen molar-refractivity contribution in [3.8, 4) is 11.5 Å². The Morgan fingerprint density at radius 2 is 1.24 bits per heavy atom. The maximum Gasteiger partial charge on any atom is 1.00 e. The summed E-state index contributed by atoms with van der Waals surface area (Å²) in [6.07, 6.45) is 0. The summed E-state index contributed by atoms with van der Waals surface area (Å²) < 4.78 is 46.4. The first-order valence-electron chi connectivity index (χ1n) is 10.3. The molecule has 0 bridgehead atoms. The molecule has 34 heavy (non-hydrogen) atoms. The number of rotatable bonds is 12. The van der Waals surface area contributed by atoms with Gasteiger partial charge in [-0.3, -0.25) is 0 Å². The van der Waals surface area contributed by atoms with Crippen LogP contribution in [0.5, 0.6) is 11.5 Å². The average molecular weight is 479 g/mol. The smallest absolute Gasteiger partial charge is 0.744 e. The SMILES string of the molecule is O=S(=O)([O-])c1cccc(N(C(CO)COc2ccccc2)C(CO)COc2ccccc2)c1.[Li+]. The fourth-order valence-electron chi connectivity index (χ4n) is 3.38. The summed E-state index contributed by atoms with van der Waals surface area (Å²) in [5, 5.41) is 20.3. The van der Waals surface area contributed by atoms with E-state index in [-0.39, 0.29) is 45.3 Å². The van der Waals surface area contributed by atoms with Gasteiger partial charge < -0.3 is 29.1 Å². The van der Waals surface area contributed by atoms with Crippen LogP contribution in [-0.2, 0) is 10.1 Å². The van der Waals surface area contributed by atoms with Gasteiger partial charge in [0, 0.05) is 5.69 Å². The number of benzene rings is 3. The van der Waals surface area contributed by atoms with Crippen molar-refractivity contribution < 1.29 is 51.5 Å². The quantitative estimate of drug-likeness (QED) is 0.258. The van der Waals surface area contributed by atoms with E-state index in [1.165, 1.54) is 18.2 Å². The van der Waals surface area contributed by atoms with Crippen LogP contribution in [0.25, 0.3) is 0 Å². The molecule has 0 aromatic heterocycles. The molecule has 10 heteroatoms. The van der Waals surface area contributed by atoms with E-state index < -0.39 is 27.1 Å². The van der Waals surface area contributed by atoms with Crippen LogP contribution in [-0.4, -0.2) is 61.7 Å². The Bertz CT molecular complexity index is 1050. The number of aliphatic hydroxyl groups excluding tert-OH is 2. The van der Waals surface area contributed by atoms with Crippen molar-refractivity contribution in [1.29, 1.82) is 0 Å². The summed E-state index contributed by atoms with van der Waals surface area (Å²) in [6, 6.07) is 22.1. The van der Waals surface area contributed by atoms with Gasteiger partial charge in [0.05, 0.1) is 30.2 Å². The Morgan fingerprint density at radius 3 is 1.65 bits per heavy atom. The largest absolute Gasteiger partial charge is 1.00 e. The van der Waals surface area contributed by atoms with E-state index in [4.69, 9.17) is 9.47 Å². The monoisotopic (exact) mass is 479 g/mol. The molecule has 8 nitrogen and oxygen atoms in total. The predicted molar refractivity (Wildman–Crippen MR) is 123 cm³/mol. The Kier molecular flexibility index (Phi) is 10.9. The molecular formula is C24H26LiNO7S. The van der Waals surface area contributed by atoms with Crippen LogP contribution in [0.3, 0.4) is 0 Å². The fraction of sp³-hybridized carbons (Fsp3) is 0.250. The molecule has 2 atom stereocenters. The molecule has 0 saturated carbocycles. The first-order chi connectivity index (χ1) is 15.9. The van der Waals surface area contributed by atoms with Gasteiger partial charge in [0.15, 0.2) is 0 Å². The Labute approximate surface area is 211 Å². The van der Waals surface area contributed by atoms with Crippen molar-refractivity contribution in [2.75, 3.05) is 31.3 Å². The molecule has 0 radical (unpaired) electrons. The summed E-state index contributed by atoms with van der Waals surface area (Å²) in [5.41, 5.74) is 0.332. The van der Waals surface area contributed by atoms with Crippen molar-refractivity contribution in [3.63, 3.8) is 0 Å².